The number of carbonyl (C=O) groups excluding carboxylic acids is 1. The molecule has 0 saturated heterocycles. The maximum absolute atomic E-state index is 12.3. The molecule has 0 bridgehead atoms. The molecule has 0 aromatic heterocycles. The summed E-state index contributed by atoms with van der Waals surface area (Å²) in [7, 11) is 0. The molecule has 0 heterocycles. The third-order valence-electron chi connectivity index (χ3n) is 3.25. The summed E-state index contributed by atoms with van der Waals surface area (Å²) in [6.45, 7) is 3.87. The molecule has 0 aliphatic carbocycles. The zero-order chi connectivity index (χ0) is 14.5. The van der Waals surface area contributed by atoms with Crippen LogP contribution in [0.25, 0.3) is 0 Å². The van der Waals surface area contributed by atoms with Crippen LogP contribution in [-0.2, 0) is 4.79 Å². The van der Waals surface area contributed by atoms with Crippen LogP contribution in [0.3, 0.4) is 0 Å². The van der Waals surface area contributed by atoms with Gasteiger partial charge in [-0.2, -0.15) is 5.26 Å². The van der Waals surface area contributed by atoms with Crippen LogP contribution in [-0.4, -0.2) is 5.91 Å². The summed E-state index contributed by atoms with van der Waals surface area (Å²) in [4.78, 5) is 12.3. The highest BCUT2D eigenvalue weighted by Gasteiger charge is 2.20. The molecule has 0 radical (unpaired) electrons. The summed E-state index contributed by atoms with van der Waals surface area (Å²) in [5.41, 5.74) is 3.47. The predicted octanol–water partition coefficient (Wildman–Crippen LogP) is 3.55. The van der Waals surface area contributed by atoms with Crippen molar-refractivity contribution in [2.45, 2.75) is 19.8 Å². The Labute approximate surface area is 118 Å². The number of hydrogen-bond donors (Lipinski definition) is 1. The van der Waals surface area contributed by atoms with E-state index in [2.05, 4.69) is 11.4 Å². The number of anilines is 1. The van der Waals surface area contributed by atoms with Crippen LogP contribution in [0.1, 0.15) is 22.6 Å². The van der Waals surface area contributed by atoms with Gasteiger partial charge in [-0.3, -0.25) is 4.79 Å². The summed E-state index contributed by atoms with van der Waals surface area (Å²) in [5, 5.41) is 12.1. The largest absolute Gasteiger partial charge is 0.324 e. The first-order valence-corrected chi connectivity index (χ1v) is 6.45. The number of nitriles is 1. The third-order valence-corrected chi connectivity index (χ3v) is 3.25. The quantitative estimate of drug-likeness (QED) is 0.921. The van der Waals surface area contributed by atoms with Gasteiger partial charge in [-0.05, 0) is 30.5 Å². The summed E-state index contributed by atoms with van der Waals surface area (Å²) in [5.74, 6) is -1.09. The molecule has 2 rings (SSSR count). The number of nitrogens with one attached hydrogen (secondary N) is 1. The molecule has 2 aromatic rings. The maximum Gasteiger partial charge on any atom is 0.246 e. The van der Waals surface area contributed by atoms with Gasteiger partial charge in [0.05, 0.1) is 6.07 Å². The number of carbonyl (C=O) groups is 1. The topological polar surface area (TPSA) is 52.9 Å². The van der Waals surface area contributed by atoms with Gasteiger partial charge in [-0.15, -0.1) is 0 Å². The van der Waals surface area contributed by atoms with Crippen LogP contribution in [0.15, 0.2) is 48.5 Å². The second-order valence-corrected chi connectivity index (χ2v) is 4.73. The molecule has 3 heteroatoms. The van der Waals surface area contributed by atoms with Gasteiger partial charge in [0.15, 0.2) is 5.92 Å². The van der Waals surface area contributed by atoms with E-state index in [0.29, 0.717) is 5.56 Å². The Kier molecular flexibility index (Phi) is 4.17. The lowest BCUT2D eigenvalue weighted by molar-refractivity contribution is -0.116. The van der Waals surface area contributed by atoms with E-state index in [1.54, 1.807) is 12.1 Å². The molecular weight excluding hydrogens is 248 g/mol. The van der Waals surface area contributed by atoms with E-state index in [9.17, 15) is 10.1 Å². The van der Waals surface area contributed by atoms with Gasteiger partial charge in [-0.25, -0.2) is 0 Å². The normalized spacial score (nSPS) is 11.4. The lowest BCUT2D eigenvalue weighted by Crippen LogP contribution is -2.21. The van der Waals surface area contributed by atoms with E-state index in [0.717, 1.165) is 16.8 Å². The van der Waals surface area contributed by atoms with Crippen molar-refractivity contribution in [2.75, 3.05) is 5.32 Å². The van der Waals surface area contributed by atoms with E-state index in [4.69, 9.17) is 0 Å². The SMILES string of the molecule is Cc1cccc(C)c1NC(=O)C(C#N)c1ccccc1. The van der Waals surface area contributed by atoms with E-state index in [1.807, 2.05) is 50.2 Å². The van der Waals surface area contributed by atoms with Gasteiger partial charge in [0.25, 0.3) is 0 Å². The first-order chi connectivity index (χ1) is 9.63. The molecule has 1 N–H and O–H groups in total. The van der Waals surface area contributed by atoms with Crippen LogP contribution in [0.5, 0.6) is 0 Å². The lowest BCUT2D eigenvalue weighted by Gasteiger charge is -2.14. The Balaban J connectivity index is 2.26. The number of rotatable bonds is 3. The van der Waals surface area contributed by atoms with Gasteiger partial charge in [0, 0.05) is 5.69 Å². The molecule has 20 heavy (non-hydrogen) atoms. The molecule has 2 aromatic carbocycles. The number of benzene rings is 2. The first kappa shape index (κ1) is 13.8. The standard InChI is InChI=1S/C17H16N2O/c1-12-7-6-8-13(2)16(12)19-17(20)15(11-18)14-9-4-3-5-10-14/h3-10,15H,1-2H3,(H,19,20). The van der Waals surface area contributed by atoms with Gasteiger partial charge >= 0.3 is 0 Å². The van der Waals surface area contributed by atoms with Crippen LogP contribution >= 0.6 is 0 Å². The van der Waals surface area contributed by atoms with Crippen molar-refractivity contribution in [1.29, 1.82) is 5.26 Å². The van der Waals surface area contributed by atoms with Crippen LogP contribution in [0.2, 0.25) is 0 Å². The highest BCUT2D eigenvalue weighted by molar-refractivity contribution is 5.98. The van der Waals surface area contributed by atoms with Crippen LogP contribution in [0.4, 0.5) is 5.69 Å². The number of aryl methyl sites for hydroxylation is 2. The van der Waals surface area contributed by atoms with Crippen LogP contribution in [0, 0.1) is 25.2 Å². The van der Waals surface area contributed by atoms with E-state index in [-0.39, 0.29) is 5.91 Å². The van der Waals surface area contributed by atoms with E-state index in [1.165, 1.54) is 0 Å². The fraction of sp³-hybridized carbons (Fsp3) is 0.176. The fourth-order valence-electron chi connectivity index (χ4n) is 2.14. The molecule has 100 valence electrons. The molecule has 0 fully saturated rings. The summed E-state index contributed by atoms with van der Waals surface area (Å²) in [6, 6.07) is 17.0. The lowest BCUT2D eigenvalue weighted by atomic mass is 9.99. The minimum atomic E-state index is -0.796. The minimum Gasteiger partial charge on any atom is -0.324 e. The third kappa shape index (κ3) is 2.86. The molecule has 0 aliphatic rings. The van der Waals surface area contributed by atoms with Crippen LogP contribution < -0.4 is 5.32 Å². The number of para-hydroxylation sites is 1. The molecule has 0 aliphatic heterocycles. The average Bonchev–Trinajstić information content (AvgIpc) is 2.45. The van der Waals surface area contributed by atoms with Crippen molar-refractivity contribution in [3.63, 3.8) is 0 Å². The number of nitrogens with zero attached hydrogens (tertiary/aromatic N) is 1. The molecular formula is C17H16N2O. The van der Waals surface area contributed by atoms with E-state index < -0.39 is 5.92 Å². The number of hydrogen-bond acceptors (Lipinski definition) is 2. The van der Waals surface area contributed by atoms with Gasteiger partial charge in [-0.1, -0.05) is 48.5 Å². The molecule has 0 saturated carbocycles. The molecule has 3 nitrogen and oxygen atoms in total. The maximum atomic E-state index is 12.3. The minimum absolute atomic E-state index is 0.295. The van der Waals surface area contributed by atoms with Gasteiger partial charge in [0.2, 0.25) is 5.91 Å². The smallest absolute Gasteiger partial charge is 0.246 e. The Morgan fingerprint density at radius 3 is 2.20 bits per heavy atom. The highest BCUT2D eigenvalue weighted by Crippen LogP contribution is 2.22. The van der Waals surface area contributed by atoms with Crippen molar-refractivity contribution in [2.24, 2.45) is 0 Å². The second-order valence-electron chi connectivity index (χ2n) is 4.73. The zero-order valence-corrected chi connectivity index (χ0v) is 11.6. The first-order valence-electron chi connectivity index (χ1n) is 6.45. The molecule has 1 unspecified atom stereocenters. The zero-order valence-electron chi connectivity index (χ0n) is 11.6. The Morgan fingerprint density at radius 1 is 1.05 bits per heavy atom. The Bertz CT molecular complexity index is 636. The number of amides is 1. The summed E-state index contributed by atoms with van der Waals surface area (Å²) < 4.78 is 0. The fourth-order valence-corrected chi connectivity index (χ4v) is 2.14. The van der Waals surface area contributed by atoms with Crippen molar-refractivity contribution >= 4 is 11.6 Å². The highest BCUT2D eigenvalue weighted by atomic mass is 16.1. The van der Waals surface area contributed by atoms with Crippen molar-refractivity contribution < 1.29 is 4.79 Å². The molecule has 1 atom stereocenters. The summed E-state index contributed by atoms with van der Waals surface area (Å²) >= 11 is 0. The Hall–Kier alpha value is -2.60. The van der Waals surface area contributed by atoms with Crippen molar-refractivity contribution in [3.05, 3.63) is 65.2 Å². The van der Waals surface area contributed by atoms with Crippen molar-refractivity contribution in [1.82, 2.24) is 0 Å². The van der Waals surface area contributed by atoms with Gasteiger partial charge in [0.1, 0.15) is 0 Å². The summed E-state index contributed by atoms with van der Waals surface area (Å²) in [6.07, 6.45) is 0. The second kappa shape index (κ2) is 6.03. The predicted molar refractivity (Wildman–Crippen MR) is 79.3 cm³/mol. The Morgan fingerprint density at radius 2 is 1.65 bits per heavy atom. The monoisotopic (exact) mass is 264 g/mol. The van der Waals surface area contributed by atoms with Gasteiger partial charge < -0.3 is 5.32 Å². The average molecular weight is 264 g/mol. The molecule has 1 amide bonds. The van der Waals surface area contributed by atoms with Crippen molar-refractivity contribution in [3.8, 4) is 6.07 Å². The van der Waals surface area contributed by atoms with E-state index >= 15 is 0 Å². The molecule has 0 spiro atoms.